The summed E-state index contributed by atoms with van der Waals surface area (Å²) in [7, 11) is 1.35. The summed E-state index contributed by atoms with van der Waals surface area (Å²) in [6.45, 7) is 6.18. The lowest BCUT2D eigenvalue weighted by Gasteiger charge is -2.26. The predicted molar refractivity (Wildman–Crippen MR) is 75.7 cm³/mol. The van der Waals surface area contributed by atoms with Crippen molar-refractivity contribution in [2.45, 2.75) is 6.92 Å². The SMILES string of the molecule is COc1nc(C)nc(NCCN2CCOCC2)c1[N+](=O)[O-]. The molecular formula is C12H19N5O4. The largest absolute Gasteiger partial charge is 0.476 e. The van der Waals surface area contributed by atoms with E-state index in [1.807, 2.05) is 0 Å². The molecule has 1 saturated heterocycles. The van der Waals surface area contributed by atoms with Gasteiger partial charge in [-0.05, 0) is 6.92 Å². The molecule has 0 radical (unpaired) electrons. The molecule has 2 rings (SSSR count). The van der Waals surface area contributed by atoms with Crippen molar-refractivity contribution < 1.29 is 14.4 Å². The summed E-state index contributed by atoms with van der Waals surface area (Å²) in [5.74, 6) is 0.588. The first-order valence-electron chi connectivity index (χ1n) is 6.73. The van der Waals surface area contributed by atoms with Crippen LogP contribution in [-0.4, -0.2) is 66.3 Å². The highest BCUT2D eigenvalue weighted by Gasteiger charge is 2.25. The quantitative estimate of drug-likeness (QED) is 0.596. The van der Waals surface area contributed by atoms with Gasteiger partial charge in [-0.15, -0.1) is 0 Å². The zero-order valence-electron chi connectivity index (χ0n) is 12.2. The fraction of sp³-hybridized carbons (Fsp3) is 0.667. The Hall–Kier alpha value is -2.00. The summed E-state index contributed by atoms with van der Waals surface area (Å²) in [6, 6.07) is 0. The van der Waals surface area contributed by atoms with Crippen LogP contribution in [-0.2, 0) is 4.74 Å². The monoisotopic (exact) mass is 297 g/mol. The molecule has 1 aromatic heterocycles. The van der Waals surface area contributed by atoms with Gasteiger partial charge in [-0.1, -0.05) is 0 Å². The molecule has 0 saturated carbocycles. The molecule has 9 nitrogen and oxygen atoms in total. The molecule has 9 heteroatoms. The van der Waals surface area contributed by atoms with Crippen molar-refractivity contribution in [3.63, 3.8) is 0 Å². The van der Waals surface area contributed by atoms with Crippen molar-refractivity contribution in [3.8, 4) is 5.88 Å². The van der Waals surface area contributed by atoms with Gasteiger partial charge in [0, 0.05) is 26.2 Å². The van der Waals surface area contributed by atoms with E-state index in [1.54, 1.807) is 6.92 Å². The standard InChI is InChI=1S/C12H19N5O4/c1-9-14-11(10(17(18)19)12(15-9)20-2)13-3-4-16-5-7-21-8-6-16/h3-8H2,1-2H3,(H,13,14,15). The Morgan fingerprint density at radius 1 is 1.43 bits per heavy atom. The lowest BCUT2D eigenvalue weighted by atomic mass is 10.4. The second-order valence-electron chi connectivity index (χ2n) is 4.62. The van der Waals surface area contributed by atoms with Crippen molar-refractivity contribution in [1.82, 2.24) is 14.9 Å². The lowest BCUT2D eigenvalue weighted by Crippen LogP contribution is -2.39. The van der Waals surface area contributed by atoms with E-state index in [9.17, 15) is 10.1 Å². The van der Waals surface area contributed by atoms with Crippen LogP contribution in [0.3, 0.4) is 0 Å². The number of hydrogen-bond donors (Lipinski definition) is 1. The van der Waals surface area contributed by atoms with Crippen LogP contribution >= 0.6 is 0 Å². The molecule has 0 aliphatic carbocycles. The molecule has 1 aliphatic heterocycles. The Kier molecular flexibility index (Phi) is 5.23. The lowest BCUT2D eigenvalue weighted by molar-refractivity contribution is -0.385. The smallest absolute Gasteiger partial charge is 0.372 e. The highest BCUT2D eigenvalue weighted by molar-refractivity contribution is 5.61. The minimum absolute atomic E-state index is 0.0265. The first-order valence-corrected chi connectivity index (χ1v) is 6.73. The molecule has 116 valence electrons. The highest BCUT2D eigenvalue weighted by atomic mass is 16.6. The number of ether oxygens (including phenoxy) is 2. The Balaban J connectivity index is 2.04. The fourth-order valence-corrected chi connectivity index (χ4v) is 2.13. The first kappa shape index (κ1) is 15.4. The van der Waals surface area contributed by atoms with Gasteiger partial charge in [-0.2, -0.15) is 4.98 Å². The second kappa shape index (κ2) is 7.14. The third-order valence-corrected chi connectivity index (χ3v) is 3.16. The van der Waals surface area contributed by atoms with Gasteiger partial charge in [0.2, 0.25) is 5.82 Å². The molecular weight excluding hydrogens is 278 g/mol. The van der Waals surface area contributed by atoms with Gasteiger partial charge in [-0.3, -0.25) is 15.0 Å². The van der Waals surface area contributed by atoms with E-state index in [0.717, 1.165) is 32.8 Å². The van der Waals surface area contributed by atoms with Crippen LogP contribution in [0.25, 0.3) is 0 Å². The van der Waals surface area contributed by atoms with Crippen LogP contribution in [0.15, 0.2) is 0 Å². The van der Waals surface area contributed by atoms with Gasteiger partial charge in [0.05, 0.1) is 25.2 Å². The summed E-state index contributed by atoms with van der Waals surface area (Å²) in [5, 5.41) is 14.2. The zero-order valence-corrected chi connectivity index (χ0v) is 12.2. The zero-order chi connectivity index (χ0) is 15.2. The van der Waals surface area contributed by atoms with E-state index in [2.05, 4.69) is 20.2 Å². The molecule has 1 N–H and O–H groups in total. The second-order valence-corrected chi connectivity index (χ2v) is 4.62. The van der Waals surface area contributed by atoms with E-state index < -0.39 is 4.92 Å². The summed E-state index contributed by atoms with van der Waals surface area (Å²) in [6.07, 6.45) is 0. The first-order chi connectivity index (χ1) is 10.1. The molecule has 1 aromatic rings. The maximum absolute atomic E-state index is 11.2. The van der Waals surface area contributed by atoms with Crippen LogP contribution in [0.1, 0.15) is 5.82 Å². The van der Waals surface area contributed by atoms with E-state index in [4.69, 9.17) is 9.47 Å². The molecule has 0 unspecified atom stereocenters. The molecule has 0 spiro atoms. The van der Waals surface area contributed by atoms with Gasteiger partial charge in [0.25, 0.3) is 5.88 Å². The normalized spacial score (nSPS) is 15.7. The van der Waals surface area contributed by atoms with Gasteiger partial charge in [-0.25, -0.2) is 4.98 Å². The number of morpholine rings is 1. The van der Waals surface area contributed by atoms with Crippen molar-refractivity contribution >= 4 is 11.5 Å². The van der Waals surface area contributed by atoms with E-state index in [0.29, 0.717) is 12.4 Å². The Morgan fingerprint density at radius 3 is 2.76 bits per heavy atom. The van der Waals surface area contributed by atoms with Crippen molar-refractivity contribution in [3.05, 3.63) is 15.9 Å². The Bertz CT molecular complexity index is 505. The van der Waals surface area contributed by atoms with Crippen molar-refractivity contribution in [2.75, 3.05) is 51.8 Å². The van der Waals surface area contributed by atoms with Crippen LogP contribution in [0.4, 0.5) is 11.5 Å². The summed E-state index contributed by atoms with van der Waals surface area (Å²) >= 11 is 0. The van der Waals surface area contributed by atoms with Crippen LogP contribution in [0.5, 0.6) is 5.88 Å². The van der Waals surface area contributed by atoms with Gasteiger partial charge >= 0.3 is 5.69 Å². The number of anilines is 1. The topological polar surface area (TPSA) is 103 Å². The highest BCUT2D eigenvalue weighted by Crippen LogP contribution is 2.31. The van der Waals surface area contributed by atoms with Gasteiger partial charge < -0.3 is 14.8 Å². The minimum Gasteiger partial charge on any atom is -0.476 e. The molecule has 0 aromatic carbocycles. The molecule has 0 amide bonds. The van der Waals surface area contributed by atoms with Crippen LogP contribution in [0, 0.1) is 17.0 Å². The van der Waals surface area contributed by atoms with Crippen molar-refractivity contribution in [2.24, 2.45) is 0 Å². The van der Waals surface area contributed by atoms with Gasteiger partial charge in [0.15, 0.2) is 0 Å². The number of nitrogens with zero attached hydrogens (tertiary/aromatic N) is 4. The minimum atomic E-state index is -0.532. The van der Waals surface area contributed by atoms with Crippen LogP contribution in [0.2, 0.25) is 0 Å². The molecule has 0 bridgehead atoms. The molecule has 1 fully saturated rings. The number of rotatable bonds is 6. The third kappa shape index (κ3) is 3.99. The number of aromatic nitrogens is 2. The number of nitro groups is 1. The summed E-state index contributed by atoms with van der Waals surface area (Å²) in [5.41, 5.74) is -0.231. The predicted octanol–water partition coefficient (Wildman–Crippen LogP) is 0.446. The van der Waals surface area contributed by atoms with E-state index in [-0.39, 0.29) is 17.4 Å². The average molecular weight is 297 g/mol. The average Bonchev–Trinajstić information content (AvgIpc) is 2.47. The maximum Gasteiger partial charge on any atom is 0.372 e. The molecule has 1 aliphatic rings. The van der Waals surface area contributed by atoms with Crippen LogP contribution < -0.4 is 10.1 Å². The number of hydrogen-bond acceptors (Lipinski definition) is 8. The number of methoxy groups -OCH3 is 1. The molecule has 21 heavy (non-hydrogen) atoms. The fourth-order valence-electron chi connectivity index (χ4n) is 2.13. The maximum atomic E-state index is 11.2. The van der Waals surface area contributed by atoms with Gasteiger partial charge in [0.1, 0.15) is 5.82 Å². The number of aryl methyl sites for hydroxylation is 1. The van der Waals surface area contributed by atoms with Crippen molar-refractivity contribution in [1.29, 1.82) is 0 Å². The third-order valence-electron chi connectivity index (χ3n) is 3.16. The Labute approximate surface area is 122 Å². The summed E-state index contributed by atoms with van der Waals surface area (Å²) in [4.78, 5) is 20.9. The van der Waals surface area contributed by atoms with E-state index in [1.165, 1.54) is 7.11 Å². The number of nitrogens with one attached hydrogen (secondary N) is 1. The molecule has 0 atom stereocenters. The van der Waals surface area contributed by atoms with E-state index >= 15 is 0 Å². The molecule has 2 heterocycles. The Morgan fingerprint density at radius 2 is 2.14 bits per heavy atom. The summed E-state index contributed by atoms with van der Waals surface area (Å²) < 4.78 is 10.2.